The second-order valence-corrected chi connectivity index (χ2v) is 3.52. The van der Waals surface area contributed by atoms with Crippen LogP contribution in [0.25, 0.3) is 0 Å². The van der Waals surface area contributed by atoms with E-state index in [9.17, 15) is 18.4 Å². The van der Waals surface area contributed by atoms with Crippen molar-refractivity contribution in [2.45, 2.75) is 19.4 Å². The highest BCUT2D eigenvalue weighted by Gasteiger charge is 2.18. The molecule has 1 aromatic carbocycles. The van der Waals surface area contributed by atoms with Crippen LogP contribution < -0.4 is 5.32 Å². The quantitative estimate of drug-likeness (QED) is 0.844. The number of carbonyl (C=O) groups excluding carboxylic acids is 1. The summed E-state index contributed by atoms with van der Waals surface area (Å²) in [5.74, 6) is -3.69. The third kappa shape index (κ3) is 3.82. The zero-order valence-corrected chi connectivity index (χ0v) is 9.04. The highest BCUT2D eigenvalue weighted by atomic mass is 19.2. The number of benzene rings is 1. The number of carbonyl (C=O) groups is 2. The molecule has 0 heterocycles. The fourth-order valence-electron chi connectivity index (χ4n) is 1.40. The molecule has 2 N–H and O–H groups in total. The highest BCUT2D eigenvalue weighted by Crippen LogP contribution is 2.19. The zero-order chi connectivity index (χ0) is 13.0. The van der Waals surface area contributed by atoms with E-state index in [4.69, 9.17) is 5.11 Å². The summed E-state index contributed by atoms with van der Waals surface area (Å²) in [6.07, 6.45) is -0.398. The van der Waals surface area contributed by atoms with Gasteiger partial charge in [-0.3, -0.25) is 9.59 Å². The van der Waals surface area contributed by atoms with Crippen LogP contribution >= 0.6 is 0 Å². The minimum absolute atomic E-state index is 0.210. The van der Waals surface area contributed by atoms with Gasteiger partial charge in [-0.2, -0.15) is 0 Å². The third-order valence-corrected chi connectivity index (χ3v) is 2.10. The summed E-state index contributed by atoms with van der Waals surface area (Å²) in [5.41, 5.74) is 0.210. The van der Waals surface area contributed by atoms with E-state index >= 15 is 0 Å². The van der Waals surface area contributed by atoms with Gasteiger partial charge in [0, 0.05) is 6.92 Å². The Balaban J connectivity index is 2.98. The lowest BCUT2D eigenvalue weighted by molar-refractivity contribution is -0.137. The van der Waals surface area contributed by atoms with Crippen LogP contribution in [-0.2, 0) is 9.59 Å². The molecule has 0 aliphatic carbocycles. The number of halogens is 2. The summed E-state index contributed by atoms with van der Waals surface area (Å²) in [7, 11) is 0. The molecule has 0 spiro atoms. The van der Waals surface area contributed by atoms with Gasteiger partial charge in [0.15, 0.2) is 11.6 Å². The van der Waals surface area contributed by atoms with Crippen molar-refractivity contribution in [1.29, 1.82) is 0 Å². The van der Waals surface area contributed by atoms with Crippen molar-refractivity contribution in [3.8, 4) is 0 Å². The predicted octanol–water partition coefficient (Wildman–Crippen LogP) is 1.62. The Kier molecular flexibility index (Phi) is 4.14. The smallest absolute Gasteiger partial charge is 0.305 e. The molecule has 4 nitrogen and oxygen atoms in total. The van der Waals surface area contributed by atoms with E-state index in [1.165, 1.54) is 13.0 Å². The second-order valence-electron chi connectivity index (χ2n) is 3.52. The maximum absolute atomic E-state index is 13.0. The summed E-state index contributed by atoms with van der Waals surface area (Å²) in [6.45, 7) is 1.22. The molecule has 1 amide bonds. The van der Waals surface area contributed by atoms with Gasteiger partial charge in [-0.15, -0.1) is 0 Å². The maximum Gasteiger partial charge on any atom is 0.305 e. The fourth-order valence-corrected chi connectivity index (χ4v) is 1.40. The van der Waals surface area contributed by atoms with Gasteiger partial charge in [0.25, 0.3) is 0 Å². The van der Waals surface area contributed by atoms with Gasteiger partial charge in [-0.05, 0) is 17.7 Å². The van der Waals surface area contributed by atoms with Crippen LogP contribution in [0.1, 0.15) is 24.9 Å². The van der Waals surface area contributed by atoms with E-state index in [0.29, 0.717) is 0 Å². The van der Waals surface area contributed by atoms with E-state index < -0.39 is 36.0 Å². The highest BCUT2D eigenvalue weighted by molar-refractivity contribution is 5.75. The van der Waals surface area contributed by atoms with E-state index in [0.717, 1.165) is 12.1 Å². The first kappa shape index (κ1) is 13.1. The van der Waals surface area contributed by atoms with Crippen molar-refractivity contribution >= 4 is 11.9 Å². The van der Waals surface area contributed by atoms with E-state index in [1.54, 1.807) is 0 Å². The van der Waals surface area contributed by atoms with E-state index in [1.807, 2.05) is 0 Å². The van der Waals surface area contributed by atoms with Gasteiger partial charge in [0.1, 0.15) is 0 Å². The molecule has 1 aromatic rings. The number of nitrogens with one attached hydrogen (secondary N) is 1. The Bertz CT molecular complexity index is 432. The Morgan fingerprint density at radius 3 is 2.47 bits per heavy atom. The minimum atomic E-state index is -1.14. The standard InChI is InChI=1S/C11H11F2NO3/c1-6(15)14-10(5-11(16)17)7-2-3-8(12)9(13)4-7/h2-4,10H,5H2,1H3,(H,14,15)(H,16,17). The van der Waals surface area contributed by atoms with Crippen molar-refractivity contribution < 1.29 is 23.5 Å². The Morgan fingerprint density at radius 1 is 1.35 bits per heavy atom. The number of rotatable bonds is 4. The van der Waals surface area contributed by atoms with Gasteiger partial charge >= 0.3 is 5.97 Å². The van der Waals surface area contributed by atoms with Crippen LogP contribution in [0.15, 0.2) is 18.2 Å². The molecule has 0 aliphatic rings. The van der Waals surface area contributed by atoms with Crippen LogP contribution in [0.2, 0.25) is 0 Å². The average molecular weight is 243 g/mol. The van der Waals surface area contributed by atoms with Gasteiger partial charge in [-0.25, -0.2) is 8.78 Å². The predicted molar refractivity (Wildman–Crippen MR) is 55.2 cm³/mol. The van der Waals surface area contributed by atoms with Gasteiger partial charge < -0.3 is 10.4 Å². The molecule has 1 unspecified atom stereocenters. The number of carboxylic acid groups (broad SMARTS) is 1. The first-order chi connectivity index (χ1) is 7.90. The molecule has 0 bridgehead atoms. The maximum atomic E-state index is 13.0. The number of aliphatic carboxylic acids is 1. The SMILES string of the molecule is CC(=O)NC(CC(=O)O)c1ccc(F)c(F)c1. The van der Waals surface area contributed by atoms with Gasteiger partial charge in [0.05, 0.1) is 12.5 Å². The molecule has 0 saturated heterocycles. The molecule has 0 fully saturated rings. The lowest BCUT2D eigenvalue weighted by Gasteiger charge is -2.16. The molecule has 0 aromatic heterocycles. The Labute approximate surface area is 96.3 Å². The minimum Gasteiger partial charge on any atom is -0.481 e. The van der Waals surface area contributed by atoms with Crippen LogP contribution in [0.4, 0.5) is 8.78 Å². The van der Waals surface area contributed by atoms with E-state index in [2.05, 4.69) is 5.32 Å². The largest absolute Gasteiger partial charge is 0.481 e. The number of hydrogen-bond donors (Lipinski definition) is 2. The molecule has 1 atom stereocenters. The van der Waals surface area contributed by atoms with Crippen LogP contribution in [-0.4, -0.2) is 17.0 Å². The zero-order valence-electron chi connectivity index (χ0n) is 9.04. The number of amides is 1. The van der Waals surface area contributed by atoms with Crippen molar-refractivity contribution in [3.05, 3.63) is 35.4 Å². The summed E-state index contributed by atoms with van der Waals surface area (Å²) in [4.78, 5) is 21.5. The third-order valence-electron chi connectivity index (χ3n) is 2.10. The summed E-state index contributed by atoms with van der Waals surface area (Å²) in [6, 6.07) is 2.13. The van der Waals surface area contributed by atoms with Crippen LogP contribution in [0, 0.1) is 11.6 Å². The molecular weight excluding hydrogens is 232 g/mol. The lowest BCUT2D eigenvalue weighted by atomic mass is 10.0. The monoisotopic (exact) mass is 243 g/mol. The molecule has 0 radical (unpaired) electrons. The average Bonchev–Trinajstić information content (AvgIpc) is 2.19. The lowest BCUT2D eigenvalue weighted by Crippen LogP contribution is -2.28. The molecule has 0 saturated carbocycles. The van der Waals surface area contributed by atoms with Gasteiger partial charge in [-0.1, -0.05) is 6.07 Å². The first-order valence-electron chi connectivity index (χ1n) is 4.84. The molecule has 6 heteroatoms. The van der Waals surface area contributed by atoms with Gasteiger partial charge in [0.2, 0.25) is 5.91 Å². The molecular formula is C11H11F2NO3. The first-order valence-corrected chi connectivity index (χ1v) is 4.84. The number of hydrogen-bond acceptors (Lipinski definition) is 2. The Morgan fingerprint density at radius 2 is 2.00 bits per heavy atom. The van der Waals surface area contributed by atoms with Crippen LogP contribution in [0.3, 0.4) is 0 Å². The molecule has 17 heavy (non-hydrogen) atoms. The molecule has 92 valence electrons. The van der Waals surface area contributed by atoms with E-state index in [-0.39, 0.29) is 5.56 Å². The van der Waals surface area contributed by atoms with Crippen molar-refractivity contribution in [2.24, 2.45) is 0 Å². The molecule has 1 rings (SSSR count). The topological polar surface area (TPSA) is 66.4 Å². The second kappa shape index (κ2) is 5.38. The summed E-state index contributed by atoms with van der Waals surface area (Å²) in [5, 5.41) is 11.0. The van der Waals surface area contributed by atoms with Crippen molar-refractivity contribution in [2.75, 3.05) is 0 Å². The number of carboxylic acids is 1. The van der Waals surface area contributed by atoms with Crippen molar-refractivity contribution in [1.82, 2.24) is 5.32 Å². The van der Waals surface area contributed by atoms with Crippen molar-refractivity contribution in [3.63, 3.8) is 0 Å². The summed E-state index contributed by atoms with van der Waals surface area (Å²) < 4.78 is 25.7. The molecule has 0 aliphatic heterocycles. The fraction of sp³-hybridized carbons (Fsp3) is 0.273. The summed E-state index contributed by atoms with van der Waals surface area (Å²) >= 11 is 0. The normalized spacial score (nSPS) is 11.9. The van der Waals surface area contributed by atoms with Crippen LogP contribution in [0.5, 0.6) is 0 Å². The Hall–Kier alpha value is -1.98.